The van der Waals surface area contributed by atoms with Gasteiger partial charge in [0.2, 0.25) is 0 Å². The monoisotopic (exact) mass is 476 g/mol. The molecule has 1 saturated carbocycles. The third-order valence-electron chi connectivity index (χ3n) is 7.75. The lowest BCUT2D eigenvalue weighted by Crippen LogP contribution is -2.50. The van der Waals surface area contributed by atoms with Crippen molar-refractivity contribution < 1.29 is 34.0 Å². The summed E-state index contributed by atoms with van der Waals surface area (Å²) in [4.78, 5) is 12.7. The maximum absolute atomic E-state index is 12.7. The van der Waals surface area contributed by atoms with Crippen LogP contribution < -0.4 is 18.9 Å². The van der Waals surface area contributed by atoms with E-state index in [9.17, 15) is 15.0 Å². The smallest absolute Gasteiger partial charge is 0.309 e. The lowest BCUT2D eigenvalue weighted by Gasteiger charge is -2.42. The normalized spacial score (nSPS) is 28.5. The number of aliphatic carboxylic acids is 1. The Hall–Kier alpha value is -3.71. The molecule has 3 aromatic rings. The second-order valence-corrected chi connectivity index (χ2v) is 9.17. The molecule has 1 aliphatic heterocycles. The first kappa shape index (κ1) is 23.1. The summed E-state index contributed by atoms with van der Waals surface area (Å²) in [7, 11) is 4.68. The average Bonchev–Trinajstić information content (AvgIpc) is 3.26. The van der Waals surface area contributed by atoms with Crippen LogP contribution in [0.3, 0.4) is 0 Å². The number of hydrogen-bond acceptors (Lipinski definition) is 6. The highest BCUT2D eigenvalue weighted by Gasteiger charge is 2.76. The maximum Gasteiger partial charge on any atom is 0.309 e. The number of aliphatic hydroxyl groups excluding tert-OH is 1. The van der Waals surface area contributed by atoms with Crippen LogP contribution in [0.2, 0.25) is 0 Å². The SMILES string of the molecule is COc1ccc([C@@]23Oc4cc(OC)cc(OC)c4C2(C)[C@H](O)C(C(=O)O)[C@H]3c2ccccc2)cc1. The van der Waals surface area contributed by atoms with Crippen LogP contribution in [0, 0.1) is 5.92 Å². The van der Waals surface area contributed by atoms with E-state index in [2.05, 4.69) is 0 Å². The molecule has 0 radical (unpaired) electrons. The van der Waals surface area contributed by atoms with Gasteiger partial charge < -0.3 is 29.2 Å². The highest BCUT2D eigenvalue weighted by atomic mass is 16.5. The number of ether oxygens (including phenoxy) is 4. The van der Waals surface area contributed by atoms with Crippen molar-refractivity contribution >= 4 is 5.97 Å². The zero-order valence-corrected chi connectivity index (χ0v) is 20.0. The lowest BCUT2D eigenvalue weighted by molar-refractivity contribution is -0.146. The molecule has 0 spiro atoms. The molecular formula is C28H28O7. The van der Waals surface area contributed by atoms with Crippen molar-refractivity contribution in [2.75, 3.05) is 21.3 Å². The Bertz CT molecular complexity index is 1260. The van der Waals surface area contributed by atoms with Crippen LogP contribution in [0.1, 0.15) is 29.5 Å². The predicted octanol–water partition coefficient (Wildman–Crippen LogP) is 4.12. The van der Waals surface area contributed by atoms with Crippen LogP contribution in [0.5, 0.6) is 23.0 Å². The molecule has 7 nitrogen and oxygen atoms in total. The Kier molecular flexibility index (Phi) is 5.40. The molecule has 2 unspecified atom stereocenters. The Morgan fingerprint density at radius 3 is 2.14 bits per heavy atom. The molecule has 1 heterocycles. The number of carboxylic acids is 1. The molecule has 1 fully saturated rings. The fraction of sp³-hybridized carbons (Fsp3) is 0.321. The first-order chi connectivity index (χ1) is 16.8. The van der Waals surface area contributed by atoms with Gasteiger partial charge in [-0.2, -0.15) is 0 Å². The summed E-state index contributed by atoms with van der Waals surface area (Å²) >= 11 is 0. The predicted molar refractivity (Wildman–Crippen MR) is 129 cm³/mol. The molecule has 2 N–H and O–H groups in total. The first-order valence-electron chi connectivity index (χ1n) is 11.4. The fourth-order valence-electron chi connectivity index (χ4n) is 6.21. The highest BCUT2D eigenvalue weighted by Crippen LogP contribution is 2.71. The van der Waals surface area contributed by atoms with Gasteiger partial charge in [-0.1, -0.05) is 42.5 Å². The maximum atomic E-state index is 12.7. The molecule has 2 aliphatic rings. The van der Waals surface area contributed by atoms with Gasteiger partial charge in [0.25, 0.3) is 0 Å². The van der Waals surface area contributed by atoms with Crippen LogP contribution in [-0.4, -0.2) is 43.6 Å². The van der Waals surface area contributed by atoms with Crippen LogP contribution >= 0.6 is 0 Å². The van der Waals surface area contributed by atoms with Gasteiger partial charge in [0, 0.05) is 23.6 Å². The molecule has 3 aromatic carbocycles. The third-order valence-corrected chi connectivity index (χ3v) is 7.75. The number of benzene rings is 3. The summed E-state index contributed by atoms with van der Waals surface area (Å²) < 4.78 is 23.4. The summed E-state index contributed by atoms with van der Waals surface area (Å²) in [6.45, 7) is 1.86. The molecule has 5 rings (SSSR count). The summed E-state index contributed by atoms with van der Waals surface area (Å²) in [5.74, 6) is -0.784. The zero-order valence-electron chi connectivity index (χ0n) is 20.0. The van der Waals surface area contributed by atoms with Crippen LogP contribution in [0.25, 0.3) is 0 Å². The van der Waals surface area contributed by atoms with Crippen molar-refractivity contribution in [2.24, 2.45) is 5.92 Å². The minimum Gasteiger partial charge on any atom is -0.497 e. The Balaban J connectivity index is 1.88. The number of rotatable bonds is 6. The molecule has 0 saturated heterocycles. The molecule has 7 heteroatoms. The fourth-order valence-corrected chi connectivity index (χ4v) is 6.21. The van der Waals surface area contributed by atoms with E-state index in [1.165, 1.54) is 7.11 Å². The number of hydrogen-bond donors (Lipinski definition) is 2. The van der Waals surface area contributed by atoms with Crippen LogP contribution in [-0.2, 0) is 15.8 Å². The molecule has 1 aliphatic carbocycles. The van der Waals surface area contributed by atoms with Crippen LogP contribution in [0.4, 0.5) is 0 Å². The van der Waals surface area contributed by atoms with Gasteiger partial charge in [-0.25, -0.2) is 0 Å². The van der Waals surface area contributed by atoms with Gasteiger partial charge in [0.15, 0.2) is 5.60 Å². The first-order valence-corrected chi connectivity index (χ1v) is 11.4. The summed E-state index contributed by atoms with van der Waals surface area (Å²) in [6, 6.07) is 20.2. The average molecular weight is 477 g/mol. The molecule has 0 amide bonds. The van der Waals surface area contributed by atoms with Crippen molar-refractivity contribution in [2.45, 2.75) is 30.0 Å². The molecular weight excluding hydrogens is 448 g/mol. The van der Waals surface area contributed by atoms with Gasteiger partial charge in [0.1, 0.15) is 23.0 Å². The van der Waals surface area contributed by atoms with E-state index in [4.69, 9.17) is 18.9 Å². The summed E-state index contributed by atoms with van der Waals surface area (Å²) in [5.41, 5.74) is -0.316. The van der Waals surface area contributed by atoms with Gasteiger partial charge in [-0.15, -0.1) is 0 Å². The number of carbonyl (C=O) groups is 1. The molecule has 0 aromatic heterocycles. The van der Waals surface area contributed by atoms with Crippen molar-refractivity contribution in [3.8, 4) is 23.0 Å². The van der Waals surface area contributed by atoms with Gasteiger partial charge in [-0.3, -0.25) is 4.79 Å². The number of fused-ring (bicyclic) bond motifs is 3. The van der Waals surface area contributed by atoms with E-state index in [0.29, 0.717) is 28.6 Å². The van der Waals surface area contributed by atoms with E-state index >= 15 is 0 Å². The summed E-state index contributed by atoms with van der Waals surface area (Å²) in [5, 5.41) is 22.3. The van der Waals surface area contributed by atoms with Crippen molar-refractivity contribution in [3.63, 3.8) is 0 Å². The minimum atomic E-state index is -1.28. The van der Waals surface area contributed by atoms with E-state index in [1.54, 1.807) is 26.4 Å². The Morgan fingerprint density at radius 1 is 0.914 bits per heavy atom. The highest BCUT2D eigenvalue weighted by molar-refractivity contribution is 5.77. The molecule has 0 bridgehead atoms. The van der Waals surface area contributed by atoms with Crippen molar-refractivity contribution in [3.05, 3.63) is 83.4 Å². The molecule has 5 atom stereocenters. The summed E-state index contributed by atoms with van der Waals surface area (Å²) in [6.07, 6.45) is -1.28. The van der Waals surface area contributed by atoms with E-state index in [-0.39, 0.29) is 0 Å². The van der Waals surface area contributed by atoms with Crippen LogP contribution in [0.15, 0.2) is 66.7 Å². The zero-order chi connectivity index (χ0) is 25.0. The number of aliphatic hydroxyl groups is 1. The molecule has 35 heavy (non-hydrogen) atoms. The quantitative estimate of drug-likeness (QED) is 0.553. The second kappa shape index (κ2) is 8.20. The Labute approximate surface area is 203 Å². The van der Waals surface area contributed by atoms with E-state index in [0.717, 1.165) is 11.1 Å². The second-order valence-electron chi connectivity index (χ2n) is 9.17. The largest absolute Gasteiger partial charge is 0.497 e. The van der Waals surface area contributed by atoms with Gasteiger partial charge in [-0.05, 0) is 30.2 Å². The minimum absolute atomic E-state index is 0.467. The topological polar surface area (TPSA) is 94.5 Å². The van der Waals surface area contributed by atoms with Gasteiger partial charge in [0.05, 0.1) is 38.8 Å². The van der Waals surface area contributed by atoms with Crippen molar-refractivity contribution in [1.82, 2.24) is 0 Å². The standard InChI is InChI=1S/C28H28O7/c1-27-24-20(34-4)14-19(33-3)15-21(24)35-28(27,17-10-12-18(32-2)13-11-17)23(16-8-6-5-7-9-16)22(25(27)29)26(30)31/h5-15,22-23,25,29H,1-4H3,(H,30,31)/t22?,23-,25-,27?,28+/m1/s1. The lowest BCUT2D eigenvalue weighted by atomic mass is 9.64. The van der Waals surface area contributed by atoms with Gasteiger partial charge >= 0.3 is 5.97 Å². The van der Waals surface area contributed by atoms with Crippen molar-refractivity contribution in [1.29, 1.82) is 0 Å². The number of methoxy groups -OCH3 is 3. The Morgan fingerprint density at radius 2 is 1.57 bits per heavy atom. The third kappa shape index (κ3) is 2.97. The van der Waals surface area contributed by atoms with E-state index in [1.807, 2.05) is 61.5 Å². The number of carboxylic acid groups (broad SMARTS) is 1. The van der Waals surface area contributed by atoms with E-state index < -0.39 is 34.9 Å². The molecule has 182 valence electrons.